The molecule has 1 aliphatic heterocycles. The molecule has 8 nitrogen and oxygen atoms in total. The van der Waals surface area contributed by atoms with E-state index in [4.69, 9.17) is 5.41 Å². The van der Waals surface area contributed by atoms with Crippen LogP contribution in [-0.2, 0) is 14.4 Å². The standard InChI is InChI=1S/C24H35N5O3/c1-16(30)22(25)18-8-10-26-14-19(18)27-15-21(31)29-11-5-7-20(29)23(32)28-13-17-6-4-9-24(2,3)12-17/h8,10,14,17,20,25,27H,4-7,9,11-13,15H2,1-3H3,(H,28,32). The van der Waals surface area contributed by atoms with Crippen LogP contribution in [0.15, 0.2) is 18.5 Å². The lowest BCUT2D eigenvalue weighted by atomic mass is 9.72. The van der Waals surface area contributed by atoms with Crippen LogP contribution in [0.25, 0.3) is 0 Å². The van der Waals surface area contributed by atoms with E-state index in [0.717, 1.165) is 19.3 Å². The smallest absolute Gasteiger partial charge is 0.242 e. The summed E-state index contributed by atoms with van der Waals surface area (Å²) in [5, 5.41) is 14.1. The lowest BCUT2D eigenvalue weighted by Crippen LogP contribution is -2.48. The zero-order valence-electron chi connectivity index (χ0n) is 19.4. The number of Topliss-reactive ketones (excluding diaryl/α,β-unsaturated/α-hetero) is 1. The molecule has 0 radical (unpaired) electrons. The van der Waals surface area contributed by atoms with E-state index < -0.39 is 6.04 Å². The second kappa shape index (κ2) is 10.2. The molecule has 32 heavy (non-hydrogen) atoms. The van der Waals surface area contributed by atoms with Gasteiger partial charge in [0.15, 0.2) is 5.78 Å². The maximum Gasteiger partial charge on any atom is 0.242 e. The fraction of sp³-hybridized carbons (Fsp3) is 0.625. The molecule has 0 bridgehead atoms. The average Bonchev–Trinajstić information content (AvgIpc) is 3.25. The van der Waals surface area contributed by atoms with E-state index in [1.807, 2.05) is 0 Å². The zero-order valence-corrected chi connectivity index (χ0v) is 19.4. The van der Waals surface area contributed by atoms with Gasteiger partial charge in [0.25, 0.3) is 0 Å². The summed E-state index contributed by atoms with van der Waals surface area (Å²) in [5.74, 6) is -0.107. The number of aromatic nitrogens is 1. The van der Waals surface area contributed by atoms with E-state index in [9.17, 15) is 14.4 Å². The van der Waals surface area contributed by atoms with Crippen LogP contribution < -0.4 is 10.6 Å². The maximum absolute atomic E-state index is 12.9. The largest absolute Gasteiger partial charge is 0.374 e. The third-order valence-electron chi connectivity index (χ3n) is 6.62. The average molecular weight is 442 g/mol. The molecule has 2 atom stereocenters. The molecule has 0 spiro atoms. The molecule has 2 unspecified atom stereocenters. The number of hydrogen-bond acceptors (Lipinski definition) is 6. The number of ketones is 1. The molecular weight excluding hydrogens is 406 g/mol. The van der Waals surface area contributed by atoms with Crippen LogP contribution in [0.4, 0.5) is 5.69 Å². The highest BCUT2D eigenvalue weighted by molar-refractivity contribution is 6.45. The van der Waals surface area contributed by atoms with Gasteiger partial charge < -0.3 is 15.5 Å². The predicted molar refractivity (Wildman–Crippen MR) is 124 cm³/mol. The Balaban J connectivity index is 1.55. The van der Waals surface area contributed by atoms with Gasteiger partial charge in [0.2, 0.25) is 11.8 Å². The van der Waals surface area contributed by atoms with E-state index in [0.29, 0.717) is 42.1 Å². The topological polar surface area (TPSA) is 115 Å². The van der Waals surface area contributed by atoms with Crippen LogP contribution in [0.3, 0.4) is 0 Å². The third-order valence-corrected chi connectivity index (χ3v) is 6.62. The molecule has 2 amide bonds. The molecular formula is C24H35N5O3. The number of hydrogen-bond donors (Lipinski definition) is 3. The quantitative estimate of drug-likeness (QED) is 0.537. The fourth-order valence-electron chi connectivity index (χ4n) is 4.95. The van der Waals surface area contributed by atoms with Crippen molar-refractivity contribution in [1.29, 1.82) is 5.41 Å². The molecule has 1 saturated carbocycles. The number of carbonyl (C=O) groups excluding carboxylic acids is 3. The molecule has 1 saturated heterocycles. The monoisotopic (exact) mass is 441 g/mol. The van der Waals surface area contributed by atoms with Crippen molar-refractivity contribution in [3.63, 3.8) is 0 Å². The van der Waals surface area contributed by atoms with Crippen LogP contribution in [-0.4, -0.2) is 58.9 Å². The summed E-state index contributed by atoms with van der Waals surface area (Å²) in [5.41, 5.74) is 1.07. The molecule has 1 aromatic rings. The van der Waals surface area contributed by atoms with Gasteiger partial charge in [0.1, 0.15) is 11.8 Å². The molecule has 0 aromatic carbocycles. The third kappa shape index (κ3) is 5.93. The van der Waals surface area contributed by atoms with Crippen LogP contribution in [0.5, 0.6) is 0 Å². The second-order valence-electron chi connectivity index (χ2n) is 9.82. The molecule has 1 aliphatic carbocycles. The highest BCUT2D eigenvalue weighted by atomic mass is 16.2. The minimum Gasteiger partial charge on any atom is -0.374 e. The van der Waals surface area contributed by atoms with Crippen LogP contribution in [0.1, 0.15) is 64.9 Å². The van der Waals surface area contributed by atoms with Crippen molar-refractivity contribution in [2.24, 2.45) is 11.3 Å². The van der Waals surface area contributed by atoms with Crippen molar-refractivity contribution in [1.82, 2.24) is 15.2 Å². The Bertz CT molecular complexity index is 882. The summed E-state index contributed by atoms with van der Waals surface area (Å²) >= 11 is 0. The number of amides is 2. The summed E-state index contributed by atoms with van der Waals surface area (Å²) in [6.07, 6.45) is 9.17. The van der Waals surface area contributed by atoms with Gasteiger partial charge in [-0.15, -0.1) is 0 Å². The van der Waals surface area contributed by atoms with E-state index in [-0.39, 0.29) is 29.9 Å². The minimum absolute atomic E-state index is 0.0233. The summed E-state index contributed by atoms with van der Waals surface area (Å²) in [4.78, 5) is 43.0. The Morgan fingerprint density at radius 1 is 1.25 bits per heavy atom. The first-order chi connectivity index (χ1) is 15.2. The van der Waals surface area contributed by atoms with Gasteiger partial charge in [0, 0.05) is 31.8 Å². The van der Waals surface area contributed by atoms with Gasteiger partial charge in [-0.3, -0.25) is 24.8 Å². The summed E-state index contributed by atoms with van der Waals surface area (Å²) in [6, 6.07) is 1.14. The number of pyridine rings is 1. The van der Waals surface area contributed by atoms with Crippen molar-refractivity contribution < 1.29 is 14.4 Å². The molecule has 2 aliphatic rings. The van der Waals surface area contributed by atoms with Crippen molar-refractivity contribution in [3.8, 4) is 0 Å². The van der Waals surface area contributed by atoms with Gasteiger partial charge in [0.05, 0.1) is 18.4 Å². The molecule has 2 fully saturated rings. The number of anilines is 1. The molecule has 3 rings (SSSR count). The number of carbonyl (C=O) groups is 3. The number of nitrogens with zero attached hydrogens (tertiary/aromatic N) is 2. The Labute approximate surface area is 190 Å². The van der Waals surface area contributed by atoms with Crippen molar-refractivity contribution in [2.75, 3.05) is 25.0 Å². The molecule has 1 aromatic heterocycles. The van der Waals surface area contributed by atoms with Crippen molar-refractivity contribution >= 4 is 29.0 Å². The first kappa shape index (κ1) is 23.9. The van der Waals surface area contributed by atoms with Gasteiger partial charge in [-0.2, -0.15) is 0 Å². The summed E-state index contributed by atoms with van der Waals surface area (Å²) < 4.78 is 0. The normalized spacial score (nSPS) is 22.3. The number of rotatable bonds is 8. The second-order valence-corrected chi connectivity index (χ2v) is 9.82. The first-order valence-corrected chi connectivity index (χ1v) is 11.5. The fourth-order valence-corrected chi connectivity index (χ4v) is 4.95. The highest BCUT2D eigenvalue weighted by Gasteiger charge is 2.35. The Morgan fingerprint density at radius 3 is 2.75 bits per heavy atom. The summed E-state index contributed by atoms with van der Waals surface area (Å²) in [7, 11) is 0. The molecule has 3 N–H and O–H groups in total. The predicted octanol–water partition coefficient (Wildman–Crippen LogP) is 2.77. The van der Waals surface area contributed by atoms with E-state index in [1.165, 1.54) is 32.2 Å². The van der Waals surface area contributed by atoms with Crippen LogP contribution >= 0.6 is 0 Å². The summed E-state index contributed by atoms with van der Waals surface area (Å²) in [6.45, 7) is 7.11. The van der Waals surface area contributed by atoms with Gasteiger partial charge in [-0.25, -0.2) is 0 Å². The van der Waals surface area contributed by atoms with Crippen LogP contribution in [0.2, 0.25) is 0 Å². The minimum atomic E-state index is -0.440. The lowest BCUT2D eigenvalue weighted by molar-refractivity contribution is -0.137. The first-order valence-electron chi connectivity index (χ1n) is 11.5. The Morgan fingerprint density at radius 2 is 2.03 bits per heavy atom. The van der Waals surface area contributed by atoms with E-state index in [1.54, 1.807) is 11.0 Å². The Kier molecular flexibility index (Phi) is 7.64. The molecule has 174 valence electrons. The van der Waals surface area contributed by atoms with Gasteiger partial charge in [-0.1, -0.05) is 20.3 Å². The lowest BCUT2D eigenvalue weighted by Gasteiger charge is -2.35. The number of likely N-dealkylation sites (tertiary alicyclic amines) is 1. The Hall–Kier alpha value is -2.77. The van der Waals surface area contributed by atoms with Gasteiger partial charge in [-0.05, 0) is 49.5 Å². The molecule has 8 heteroatoms. The zero-order chi connectivity index (χ0) is 23.3. The number of nitrogens with one attached hydrogen (secondary N) is 3. The SMILES string of the molecule is CC(=O)C(=N)c1ccncc1NCC(=O)N1CCCC1C(=O)NCC1CCCC(C)(C)C1. The van der Waals surface area contributed by atoms with E-state index in [2.05, 4.69) is 29.5 Å². The molecule has 2 heterocycles. The highest BCUT2D eigenvalue weighted by Crippen LogP contribution is 2.38. The van der Waals surface area contributed by atoms with Gasteiger partial charge >= 0.3 is 0 Å². The maximum atomic E-state index is 12.9. The van der Waals surface area contributed by atoms with Crippen molar-refractivity contribution in [3.05, 3.63) is 24.0 Å². The van der Waals surface area contributed by atoms with E-state index >= 15 is 0 Å². The van der Waals surface area contributed by atoms with Crippen LogP contribution in [0, 0.1) is 16.7 Å². The van der Waals surface area contributed by atoms with Crippen molar-refractivity contribution in [2.45, 2.75) is 65.3 Å².